The number of esters is 1. The number of methoxy groups -OCH3 is 1. The molecule has 0 aliphatic carbocycles. The summed E-state index contributed by atoms with van der Waals surface area (Å²) in [5.41, 5.74) is 0.508. The molecular weight excluding hydrogens is 351 g/mol. The zero-order chi connectivity index (χ0) is 18.2. The van der Waals surface area contributed by atoms with Gasteiger partial charge in [-0.2, -0.15) is 13.2 Å². The van der Waals surface area contributed by atoms with Gasteiger partial charge in [0.1, 0.15) is 6.61 Å². The lowest BCUT2D eigenvalue weighted by molar-refractivity contribution is -0.174. The molecule has 0 saturated carbocycles. The Hall–Kier alpha value is -1.80. The SMILES string of the molecule is COC(=O)CC(NC(=O)CCOCC(F)(F)F)c1ccccc1Cl. The van der Waals surface area contributed by atoms with Crippen LogP contribution in [0.1, 0.15) is 24.4 Å². The lowest BCUT2D eigenvalue weighted by Crippen LogP contribution is -2.31. The van der Waals surface area contributed by atoms with Gasteiger partial charge in [-0.15, -0.1) is 0 Å². The number of hydrogen-bond acceptors (Lipinski definition) is 4. The Morgan fingerprint density at radius 3 is 2.54 bits per heavy atom. The van der Waals surface area contributed by atoms with Gasteiger partial charge >= 0.3 is 12.1 Å². The Kier molecular flexibility index (Phi) is 8.00. The van der Waals surface area contributed by atoms with Crippen molar-refractivity contribution < 1.29 is 32.2 Å². The summed E-state index contributed by atoms with van der Waals surface area (Å²) in [5.74, 6) is -1.13. The minimum absolute atomic E-state index is 0.157. The summed E-state index contributed by atoms with van der Waals surface area (Å²) in [6.45, 7) is -1.81. The molecule has 1 rings (SSSR count). The maximum absolute atomic E-state index is 11.9. The van der Waals surface area contributed by atoms with Crippen LogP contribution in [0.3, 0.4) is 0 Å². The number of halogens is 4. The molecular formula is C15H17ClF3NO4. The van der Waals surface area contributed by atoms with Crippen LogP contribution in [0.4, 0.5) is 13.2 Å². The molecule has 0 aliphatic rings. The smallest absolute Gasteiger partial charge is 0.411 e. The molecule has 134 valence electrons. The van der Waals surface area contributed by atoms with Crippen molar-refractivity contribution in [3.63, 3.8) is 0 Å². The van der Waals surface area contributed by atoms with Crippen LogP contribution in [0.15, 0.2) is 24.3 Å². The van der Waals surface area contributed by atoms with Crippen molar-refractivity contribution in [3.05, 3.63) is 34.9 Å². The van der Waals surface area contributed by atoms with E-state index in [1.807, 2.05) is 0 Å². The fourth-order valence-electron chi connectivity index (χ4n) is 1.87. The number of nitrogens with one attached hydrogen (secondary N) is 1. The van der Waals surface area contributed by atoms with Crippen molar-refractivity contribution in [3.8, 4) is 0 Å². The molecule has 0 fully saturated rings. The highest BCUT2D eigenvalue weighted by atomic mass is 35.5. The van der Waals surface area contributed by atoms with E-state index in [0.29, 0.717) is 10.6 Å². The van der Waals surface area contributed by atoms with Crippen LogP contribution in [0.25, 0.3) is 0 Å². The van der Waals surface area contributed by atoms with E-state index in [-0.39, 0.29) is 12.8 Å². The maximum Gasteiger partial charge on any atom is 0.411 e. The molecule has 1 unspecified atom stereocenters. The highest BCUT2D eigenvalue weighted by Gasteiger charge is 2.27. The van der Waals surface area contributed by atoms with Gasteiger partial charge in [0.05, 0.1) is 26.2 Å². The third kappa shape index (κ3) is 7.65. The molecule has 0 bridgehead atoms. The molecule has 0 aliphatic heterocycles. The minimum atomic E-state index is -4.44. The Bertz CT molecular complexity index is 566. The average molecular weight is 368 g/mol. The first-order valence-corrected chi connectivity index (χ1v) is 7.36. The molecule has 0 saturated heterocycles. The van der Waals surface area contributed by atoms with E-state index in [4.69, 9.17) is 11.6 Å². The van der Waals surface area contributed by atoms with E-state index in [9.17, 15) is 22.8 Å². The van der Waals surface area contributed by atoms with Crippen LogP contribution in [0.5, 0.6) is 0 Å². The van der Waals surface area contributed by atoms with Crippen molar-refractivity contribution in [1.29, 1.82) is 0 Å². The second kappa shape index (κ2) is 9.48. The summed E-state index contributed by atoms with van der Waals surface area (Å²) < 4.78 is 44.8. The van der Waals surface area contributed by atoms with Gasteiger partial charge in [0.15, 0.2) is 0 Å². The van der Waals surface area contributed by atoms with E-state index < -0.39 is 37.3 Å². The lowest BCUT2D eigenvalue weighted by Gasteiger charge is -2.19. The van der Waals surface area contributed by atoms with Gasteiger partial charge in [0.2, 0.25) is 5.91 Å². The number of ether oxygens (including phenoxy) is 2. The Labute approximate surface area is 142 Å². The Balaban J connectivity index is 2.63. The third-order valence-corrected chi connectivity index (χ3v) is 3.30. The van der Waals surface area contributed by atoms with Gasteiger partial charge in [0.25, 0.3) is 0 Å². The molecule has 24 heavy (non-hydrogen) atoms. The number of benzene rings is 1. The summed E-state index contributed by atoms with van der Waals surface area (Å²) in [6.07, 6.45) is -4.88. The van der Waals surface area contributed by atoms with Crippen molar-refractivity contribution in [2.24, 2.45) is 0 Å². The first kappa shape index (κ1) is 20.2. The lowest BCUT2D eigenvalue weighted by atomic mass is 10.0. The van der Waals surface area contributed by atoms with Gasteiger partial charge in [0, 0.05) is 11.4 Å². The summed E-state index contributed by atoms with van der Waals surface area (Å²) in [5, 5.41) is 2.90. The van der Waals surface area contributed by atoms with Crippen molar-refractivity contribution >= 4 is 23.5 Å². The molecule has 1 N–H and O–H groups in total. The van der Waals surface area contributed by atoms with Crippen LogP contribution in [-0.4, -0.2) is 38.4 Å². The zero-order valence-corrected chi connectivity index (χ0v) is 13.6. The van der Waals surface area contributed by atoms with Gasteiger partial charge in [-0.25, -0.2) is 0 Å². The second-order valence-electron chi connectivity index (χ2n) is 4.84. The first-order valence-electron chi connectivity index (χ1n) is 6.98. The van der Waals surface area contributed by atoms with Crippen molar-refractivity contribution in [2.45, 2.75) is 25.1 Å². The van der Waals surface area contributed by atoms with E-state index in [2.05, 4.69) is 14.8 Å². The number of carbonyl (C=O) groups is 2. The highest BCUT2D eigenvalue weighted by Crippen LogP contribution is 2.25. The van der Waals surface area contributed by atoms with Crippen molar-refractivity contribution in [2.75, 3.05) is 20.3 Å². The number of carbonyl (C=O) groups excluding carboxylic acids is 2. The fraction of sp³-hybridized carbons (Fsp3) is 0.467. The largest absolute Gasteiger partial charge is 0.469 e. The quantitative estimate of drug-likeness (QED) is 0.566. The summed E-state index contributed by atoms with van der Waals surface area (Å²) in [4.78, 5) is 23.4. The van der Waals surface area contributed by atoms with E-state index >= 15 is 0 Å². The van der Waals surface area contributed by atoms with Gasteiger partial charge in [-0.05, 0) is 11.6 Å². The van der Waals surface area contributed by atoms with Crippen LogP contribution in [0.2, 0.25) is 5.02 Å². The fourth-order valence-corrected chi connectivity index (χ4v) is 2.13. The zero-order valence-electron chi connectivity index (χ0n) is 12.9. The molecule has 0 heterocycles. The van der Waals surface area contributed by atoms with Crippen LogP contribution < -0.4 is 5.32 Å². The molecule has 0 radical (unpaired) electrons. The predicted molar refractivity (Wildman–Crippen MR) is 80.5 cm³/mol. The van der Waals surface area contributed by atoms with Crippen LogP contribution in [-0.2, 0) is 19.1 Å². The average Bonchev–Trinajstić information content (AvgIpc) is 2.50. The molecule has 5 nitrogen and oxygen atoms in total. The number of amides is 1. The number of hydrogen-bond donors (Lipinski definition) is 1. The summed E-state index contributed by atoms with van der Waals surface area (Å²) in [6, 6.07) is 5.86. The van der Waals surface area contributed by atoms with Crippen LogP contribution in [0, 0.1) is 0 Å². The van der Waals surface area contributed by atoms with Crippen LogP contribution >= 0.6 is 11.6 Å². The molecule has 0 aromatic heterocycles. The van der Waals surface area contributed by atoms with E-state index in [1.54, 1.807) is 24.3 Å². The molecule has 1 atom stereocenters. The second-order valence-corrected chi connectivity index (χ2v) is 5.25. The van der Waals surface area contributed by atoms with Gasteiger partial charge in [-0.1, -0.05) is 29.8 Å². The highest BCUT2D eigenvalue weighted by molar-refractivity contribution is 6.31. The normalized spacial score (nSPS) is 12.5. The minimum Gasteiger partial charge on any atom is -0.469 e. The standard InChI is InChI=1S/C15H17ClF3NO4/c1-23-14(22)8-12(10-4-2-3-5-11(10)16)20-13(21)6-7-24-9-15(17,18)19/h2-5,12H,6-9H2,1H3,(H,20,21). The Morgan fingerprint density at radius 2 is 1.96 bits per heavy atom. The molecule has 9 heteroatoms. The Morgan fingerprint density at radius 1 is 1.29 bits per heavy atom. The number of rotatable bonds is 8. The van der Waals surface area contributed by atoms with Gasteiger partial charge < -0.3 is 14.8 Å². The molecule has 1 aromatic carbocycles. The van der Waals surface area contributed by atoms with Gasteiger partial charge in [-0.3, -0.25) is 9.59 Å². The van der Waals surface area contributed by atoms with E-state index in [1.165, 1.54) is 7.11 Å². The monoisotopic (exact) mass is 367 g/mol. The van der Waals surface area contributed by atoms with E-state index in [0.717, 1.165) is 0 Å². The molecule has 0 spiro atoms. The molecule has 1 amide bonds. The molecule has 1 aromatic rings. The van der Waals surface area contributed by atoms with Crippen molar-refractivity contribution in [1.82, 2.24) is 5.32 Å². The summed E-state index contributed by atoms with van der Waals surface area (Å²) >= 11 is 6.05. The summed E-state index contributed by atoms with van der Waals surface area (Å²) in [7, 11) is 1.21. The predicted octanol–water partition coefficient (Wildman–Crippen LogP) is 3.03. The maximum atomic E-state index is 11.9. The topological polar surface area (TPSA) is 64.6 Å². The third-order valence-electron chi connectivity index (χ3n) is 2.95. The first-order chi connectivity index (χ1) is 11.2. The number of alkyl halides is 3.